The zero-order valence-corrected chi connectivity index (χ0v) is 15.7. The van der Waals surface area contributed by atoms with E-state index in [0.29, 0.717) is 12.7 Å². The molecule has 2 aromatic rings. The van der Waals surface area contributed by atoms with Gasteiger partial charge in [-0.25, -0.2) is 0 Å². The lowest BCUT2D eigenvalue weighted by molar-refractivity contribution is 0.0689. The summed E-state index contributed by atoms with van der Waals surface area (Å²) in [6, 6.07) is 15.9. The Balaban J connectivity index is 1.25. The lowest BCUT2D eigenvalue weighted by Gasteiger charge is -2.32. The van der Waals surface area contributed by atoms with Crippen LogP contribution >= 0.6 is 0 Å². The number of likely N-dealkylation sites (tertiary alicyclic amines) is 1. The molecule has 2 aliphatic rings. The molecule has 0 spiro atoms. The molecule has 0 aromatic heterocycles. The maximum Gasteiger partial charge on any atom is 0.253 e. The number of amides is 1. The molecule has 4 rings (SSSR count). The molecule has 5 heteroatoms. The SMILES string of the molecule is CC(NCC1CCN(C(=O)c2ccccc2)CC1)c1ccc2c(c1)OCO2. The number of carbonyl (C=O) groups is 1. The molecule has 2 aliphatic heterocycles. The number of fused-ring (bicyclic) bond motifs is 1. The maximum atomic E-state index is 12.5. The summed E-state index contributed by atoms with van der Waals surface area (Å²) in [5.41, 5.74) is 1.99. The fourth-order valence-corrected chi connectivity index (χ4v) is 3.75. The number of benzene rings is 2. The topological polar surface area (TPSA) is 50.8 Å². The second-order valence-electron chi connectivity index (χ2n) is 7.34. The Labute approximate surface area is 160 Å². The monoisotopic (exact) mass is 366 g/mol. The average Bonchev–Trinajstić information content (AvgIpc) is 3.20. The maximum absolute atomic E-state index is 12.5. The van der Waals surface area contributed by atoms with E-state index in [9.17, 15) is 4.79 Å². The van der Waals surface area contributed by atoms with E-state index in [4.69, 9.17) is 9.47 Å². The summed E-state index contributed by atoms with van der Waals surface area (Å²) in [7, 11) is 0. The van der Waals surface area contributed by atoms with E-state index in [0.717, 1.165) is 49.5 Å². The Morgan fingerprint density at radius 2 is 1.85 bits per heavy atom. The van der Waals surface area contributed by atoms with Gasteiger partial charge in [-0.05, 0) is 62.1 Å². The van der Waals surface area contributed by atoms with Crippen LogP contribution in [-0.4, -0.2) is 37.2 Å². The molecule has 1 saturated heterocycles. The van der Waals surface area contributed by atoms with Gasteiger partial charge in [-0.1, -0.05) is 24.3 Å². The fourth-order valence-electron chi connectivity index (χ4n) is 3.75. The molecular weight excluding hydrogens is 340 g/mol. The Bertz CT molecular complexity index is 785. The van der Waals surface area contributed by atoms with Crippen molar-refractivity contribution < 1.29 is 14.3 Å². The molecule has 27 heavy (non-hydrogen) atoms. The molecule has 2 heterocycles. The van der Waals surface area contributed by atoms with Crippen LogP contribution in [0.5, 0.6) is 11.5 Å². The summed E-state index contributed by atoms with van der Waals surface area (Å²) in [5, 5.41) is 3.64. The largest absolute Gasteiger partial charge is 0.454 e. The van der Waals surface area contributed by atoms with Gasteiger partial charge in [0.25, 0.3) is 5.91 Å². The molecule has 142 valence electrons. The first-order chi connectivity index (χ1) is 13.2. The smallest absolute Gasteiger partial charge is 0.253 e. The van der Waals surface area contributed by atoms with Gasteiger partial charge in [0.05, 0.1) is 0 Å². The number of rotatable bonds is 5. The predicted octanol–water partition coefficient (Wildman–Crippen LogP) is 3.62. The van der Waals surface area contributed by atoms with Crippen LogP contribution in [-0.2, 0) is 0 Å². The number of hydrogen-bond acceptors (Lipinski definition) is 4. The van der Waals surface area contributed by atoms with Crippen molar-refractivity contribution in [1.82, 2.24) is 10.2 Å². The van der Waals surface area contributed by atoms with Gasteiger partial charge < -0.3 is 19.7 Å². The molecule has 0 bridgehead atoms. The number of carbonyl (C=O) groups excluding carboxylic acids is 1. The molecule has 1 fully saturated rings. The van der Waals surface area contributed by atoms with Gasteiger partial charge in [-0.3, -0.25) is 4.79 Å². The number of nitrogens with zero attached hydrogens (tertiary/aromatic N) is 1. The van der Waals surface area contributed by atoms with Gasteiger partial charge in [0.1, 0.15) is 0 Å². The van der Waals surface area contributed by atoms with Crippen molar-refractivity contribution in [2.75, 3.05) is 26.4 Å². The number of piperidine rings is 1. The van der Waals surface area contributed by atoms with E-state index in [-0.39, 0.29) is 11.9 Å². The van der Waals surface area contributed by atoms with Gasteiger partial charge in [0.15, 0.2) is 11.5 Å². The van der Waals surface area contributed by atoms with Crippen molar-refractivity contribution in [3.05, 3.63) is 59.7 Å². The molecule has 2 aromatic carbocycles. The first kappa shape index (κ1) is 17.9. The van der Waals surface area contributed by atoms with Crippen molar-refractivity contribution in [2.45, 2.75) is 25.8 Å². The van der Waals surface area contributed by atoms with Gasteiger partial charge in [-0.15, -0.1) is 0 Å². The van der Waals surface area contributed by atoms with Crippen molar-refractivity contribution in [1.29, 1.82) is 0 Å². The third-order valence-electron chi connectivity index (χ3n) is 5.53. The highest BCUT2D eigenvalue weighted by molar-refractivity contribution is 5.94. The minimum atomic E-state index is 0.149. The summed E-state index contributed by atoms with van der Waals surface area (Å²) in [4.78, 5) is 14.5. The first-order valence-corrected chi connectivity index (χ1v) is 9.68. The molecule has 1 amide bonds. The highest BCUT2D eigenvalue weighted by Crippen LogP contribution is 2.34. The summed E-state index contributed by atoms with van der Waals surface area (Å²) in [6.45, 7) is 5.10. The van der Waals surface area contributed by atoms with Crippen molar-refractivity contribution >= 4 is 5.91 Å². The first-order valence-electron chi connectivity index (χ1n) is 9.68. The van der Waals surface area contributed by atoms with Gasteiger partial charge in [-0.2, -0.15) is 0 Å². The van der Waals surface area contributed by atoms with Crippen LogP contribution in [0.4, 0.5) is 0 Å². The van der Waals surface area contributed by atoms with Crippen molar-refractivity contribution in [3.8, 4) is 11.5 Å². The van der Waals surface area contributed by atoms with Crippen LogP contribution in [0.15, 0.2) is 48.5 Å². The normalized spacial score (nSPS) is 17.7. The summed E-state index contributed by atoms with van der Waals surface area (Å²) in [5.74, 6) is 2.40. The van der Waals surface area contributed by atoms with Gasteiger partial charge in [0, 0.05) is 24.7 Å². The Morgan fingerprint density at radius 1 is 1.11 bits per heavy atom. The predicted molar refractivity (Wildman–Crippen MR) is 104 cm³/mol. The minimum absolute atomic E-state index is 0.149. The molecule has 0 saturated carbocycles. The zero-order chi connectivity index (χ0) is 18.6. The molecule has 1 unspecified atom stereocenters. The van der Waals surface area contributed by atoms with Crippen molar-refractivity contribution in [2.24, 2.45) is 5.92 Å². The van der Waals surface area contributed by atoms with E-state index in [1.54, 1.807) is 0 Å². The van der Waals surface area contributed by atoms with Crippen LogP contribution in [0.25, 0.3) is 0 Å². The highest BCUT2D eigenvalue weighted by atomic mass is 16.7. The van der Waals surface area contributed by atoms with Gasteiger partial charge >= 0.3 is 0 Å². The third kappa shape index (κ3) is 4.08. The lowest BCUT2D eigenvalue weighted by atomic mass is 9.95. The van der Waals surface area contributed by atoms with Crippen molar-refractivity contribution in [3.63, 3.8) is 0 Å². The lowest BCUT2D eigenvalue weighted by Crippen LogP contribution is -2.41. The fraction of sp³-hybridized carbons (Fsp3) is 0.409. The molecule has 1 N–H and O–H groups in total. The minimum Gasteiger partial charge on any atom is -0.454 e. The third-order valence-corrected chi connectivity index (χ3v) is 5.53. The standard InChI is InChI=1S/C22H26N2O3/c1-16(19-7-8-20-21(13-19)27-15-26-20)23-14-17-9-11-24(12-10-17)22(25)18-5-3-2-4-6-18/h2-8,13,16-17,23H,9-12,14-15H2,1H3. The number of hydrogen-bond donors (Lipinski definition) is 1. The van der Waals surface area contributed by atoms with E-state index < -0.39 is 0 Å². The van der Waals surface area contributed by atoms with E-state index in [2.05, 4.69) is 24.4 Å². The highest BCUT2D eigenvalue weighted by Gasteiger charge is 2.24. The number of nitrogens with one attached hydrogen (secondary N) is 1. The van der Waals surface area contributed by atoms with Gasteiger partial charge in [0.2, 0.25) is 6.79 Å². The number of ether oxygens (including phenoxy) is 2. The van der Waals surface area contributed by atoms with E-state index >= 15 is 0 Å². The van der Waals surface area contributed by atoms with Crippen LogP contribution in [0.1, 0.15) is 41.7 Å². The molecule has 0 aliphatic carbocycles. The Hall–Kier alpha value is -2.53. The average molecular weight is 366 g/mol. The Morgan fingerprint density at radius 3 is 2.63 bits per heavy atom. The quantitative estimate of drug-likeness (QED) is 0.878. The van der Waals surface area contributed by atoms with Crippen LogP contribution in [0.2, 0.25) is 0 Å². The van der Waals surface area contributed by atoms with E-state index in [1.165, 1.54) is 5.56 Å². The molecule has 5 nitrogen and oxygen atoms in total. The van der Waals surface area contributed by atoms with Crippen LogP contribution < -0.4 is 14.8 Å². The Kier molecular flexibility index (Phi) is 5.30. The zero-order valence-electron chi connectivity index (χ0n) is 15.7. The second kappa shape index (κ2) is 8.01. The van der Waals surface area contributed by atoms with E-state index in [1.807, 2.05) is 41.3 Å². The van der Waals surface area contributed by atoms with Crippen LogP contribution in [0, 0.1) is 5.92 Å². The summed E-state index contributed by atoms with van der Waals surface area (Å²) in [6.07, 6.45) is 2.08. The summed E-state index contributed by atoms with van der Waals surface area (Å²) < 4.78 is 10.8. The second-order valence-corrected chi connectivity index (χ2v) is 7.34. The molecular formula is C22H26N2O3. The molecule has 0 radical (unpaired) electrons. The molecule has 1 atom stereocenters. The van der Waals surface area contributed by atoms with Crippen LogP contribution in [0.3, 0.4) is 0 Å². The summed E-state index contributed by atoms with van der Waals surface area (Å²) >= 11 is 0.